The molecule has 144 valence electrons. The molecule has 27 heavy (non-hydrogen) atoms. The molecule has 2 atom stereocenters. The molecule has 0 saturated carbocycles. The van der Waals surface area contributed by atoms with E-state index in [4.69, 9.17) is 16.7 Å². The van der Waals surface area contributed by atoms with Crippen molar-refractivity contribution in [1.29, 1.82) is 0 Å². The second-order valence-electron chi connectivity index (χ2n) is 6.02. The molecule has 2 aromatic carbocycles. The second kappa shape index (κ2) is 9.12. The average molecular weight is 410 g/mol. The number of carboxylic acid groups (broad SMARTS) is 1. The molecule has 0 spiro atoms. The maximum atomic E-state index is 12.7. The molecule has 0 heterocycles. The highest BCUT2D eigenvalue weighted by molar-refractivity contribution is 7.89. The van der Waals surface area contributed by atoms with Gasteiger partial charge in [0.25, 0.3) is 0 Å². The van der Waals surface area contributed by atoms with Crippen molar-refractivity contribution in [3.05, 3.63) is 65.2 Å². The van der Waals surface area contributed by atoms with E-state index in [-0.39, 0.29) is 4.90 Å². The van der Waals surface area contributed by atoms with Gasteiger partial charge >= 0.3 is 5.97 Å². The zero-order valence-electron chi connectivity index (χ0n) is 14.6. The van der Waals surface area contributed by atoms with Gasteiger partial charge in [0, 0.05) is 10.9 Å². The summed E-state index contributed by atoms with van der Waals surface area (Å²) in [6, 6.07) is 13.3. The lowest BCUT2D eigenvalue weighted by Crippen LogP contribution is -2.45. The van der Waals surface area contributed by atoms with Gasteiger partial charge in [-0.25, -0.2) is 8.42 Å². The van der Waals surface area contributed by atoms with Crippen LogP contribution in [0.15, 0.2) is 59.5 Å². The minimum atomic E-state index is -4.04. The Labute approximate surface area is 163 Å². The zero-order chi connectivity index (χ0) is 20.0. The van der Waals surface area contributed by atoms with Crippen molar-refractivity contribution in [2.45, 2.75) is 36.6 Å². The van der Waals surface area contributed by atoms with Crippen LogP contribution in [0.5, 0.6) is 0 Å². The lowest BCUT2D eigenvalue weighted by atomic mass is 9.86. The van der Waals surface area contributed by atoms with Gasteiger partial charge in [0.05, 0.1) is 10.9 Å². The number of sulfonamides is 1. The third kappa shape index (κ3) is 5.63. The largest absolute Gasteiger partial charge is 0.481 e. The lowest BCUT2D eigenvalue weighted by molar-refractivity contribution is -0.140. The van der Waals surface area contributed by atoms with Gasteiger partial charge in [-0.1, -0.05) is 48.9 Å². The normalized spacial score (nSPS) is 13.7. The number of nitrogens with one attached hydrogen (secondary N) is 1. The van der Waals surface area contributed by atoms with Gasteiger partial charge in [0.2, 0.25) is 10.0 Å². The van der Waals surface area contributed by atoms with Crippen molar-refractivity contribution in [3.63, 3.8) is 0 Å². The summed E-state index contributed by atoms with van der Waals surface area (Å²) in [5, 5.41) is 9.37. The van der Waals surface area contributed by atoms with Crippen molar-refractivity contribution in [2.24, 2.45) is 0 Å². The van der Waals surface area contributed by atoms with E-state index in [1.165, 1.54) is 24.3 Å². The van der Waals surface area contributed by atoms with Gasteiger partial charge < -0.3 is 5.11 Å². The Bertz CT molecular complexity index is 897. The number of Topliss-reactive ketones (excluding diaryl/α,β-unsaturated/α-hetero) is 1. The molecule has 2 rings (SSSR count). The SMILES string of the molecule is CCC(c1ccccc1)[C@@H](NS(=O)(=O)c1ccc(Cl)cc1)C(=O)CC(=O)O. The molecule has 2 aromatic rings. The summed E-state index contributed by atoms with van der Waals surface area (Å²) >= 11 is 5.79. The average Bonchev–Trinajstić information content (AvgIpc) is 2.62. The number of rotatable bonds is 9. The highest BCUT2D eigenvalue weighted by atomic mass is 35.5. The van der Waals surface area contributed by atoms with Gasteiger partial charge in [0.1, 0.15) is 6.42 Å². The van der Waals surface area contributed by atoms with Gasteiger partial charge in [-0.15, -0.1) is 0 Å². The van der Waals surface area contributed by atoms with Crippen LogP contribution in [0.2, 0.25) is 5.02 Å². The maximum Gasteiger partial charge on any atom is 0.310 e. The first-order chi connectivity index (χ1) is 12.7. The van der Waals surface area contributed by atoms with Crippen molar-refractivity contribution in [1.82, 2.24) is 4.72 Å². The number of aliphatic carboxylic acids is 1. The Hall–Kier alpha value is -2.22. The monoisotopic (exact) mass is 409 g/mol. The van der Waals surface area contributed by atoms with Crippen LogP contribution in [-0.4, -0.2) is 31.3 Å². The van der Waals surface area contributed by atoms with Crippen LogP contribution >= 0.6 is 11.6 Å². The topological polar surface area (TPSA) is 101 Å². The summed E-state index contributed by atoms with van der Waals surface area (Å²) in [7, 11) is -4.04. The molecule has 8 heteroatoms. The first-order valence-electron chi connectivity index (χ1n) is 8.32. The Morgan fingerprint density at radius 3 is 2.19 bits per heavy atom. The third-order valence-corrected chi connectivity index (χ3v) is 5.86. The first-order valence-corrected chi connectivity index (χ1v) is 10.2. The van der Waals surface area contributed by atoms with Gasteiger partial charge in [-0.05, 0) is 36.2 Å². The second-order valence-corrected chi connectivity index (χ2v) is 8.17. The summed E-state index contributed by atoms with van der Waals surface area (Å²) in [6.07, 6.45) is -0.319. The minimum absolute atomic E-state index is 0.0528. The molecule has 1 unspecified atom stereocenters. The van der Waals surface area contributed by atoms with E-state index in [2.05, 4.69) is 4.72 Å². The molecule has 0 saturated heterocycles. The maximum absolute atomic E-state index is 12.7. The van der Waals surface area contributed by atoms with Crippen LogP contribution in [0, 0.1) is 0 Å². The van der Waals surface area contributed by atoms with Gasteiger partial charge in [-0.2, -0.15) is 4.72 Å². The highest BCUT2D eigenvalue weighted by Gasteiger charge is 2.33. The predicted molar refractivity (Wildman–Crippen MR) is 102 cm³/mol. The Balaban J connectivity index is 2.41. The lowest BCUT2D eigenvalue weighted by Gasteiger charge is -2.26. The number of benzene rings is 2. The standard InChI is InChI=1S/C19H20ClNO5S/c1-2-16(13-6-4-3-5-7-13)19(17(22)12-18(23)24)21-27(25,26)15-10-8-14(20)9-11-15/h3-11,16,19,21H,2,12H2,1H3,(H,23,24)/t16?,19-/m1/s1. The smallest absolute Gasteiger partial charge is 0.310 e. The molecule has 0 aliphatic carbocycles. The molecule has 0 amide bonds. The third-order valence-electron chi connectivity index (χ3n) is 4.15. The molecule has 0 aliphatic heterocycles. The summed E-state index contributed by atoms with van der Waals surface area (Å²) in [4.78, 5) is 23.5. The first kappa shape index (κ1) is 21.1. The van der Waals surface area contributed by atoms with Gasteiger partial charge in [0.15, 0.2) is 5.78 Å². The van der Waals surface area contributed by atoms with E-state index in [9.17, 15) is 18.0 Å². The number of carboxylic acids is 1. The van der Waals surface area contributed by atoms with Crippen molar-refractivity contribution >= 4 is 33.4 Å². The van der Waals surface area contributed by atoms with Gasteiger partial charge in [-0.3, -0.25) is 9.59 Å². The molecule has 0 aliphatic rings. The summed E-state index contributed by atoms with van der Waals surface area (Å²) in [6.45, 7) is 1.81. The summed E-state index contributed by atoms with van der Waals surface area (Å²) in [5.41, 5.74) is 0.752. The van der Waals surface area contributed by atoms with Crippen LogP contribution in [0.4, 0.5) is 0 Å². The fraction of sp³-hybridized carbons (Fsp3) is 0.263. The number of carbonyl (C=O) groups is 2. The Morgan fingerprint density at radius 2 is 1.67 bits per heavy atom. The number of carbonyl (C=O) groups excluding carboxylic acids is 1. The van der Waals surface area contributed by atoms with E-state index >= 15 is 0 Å². The van der Waals surface area contributed by atoms with E-state index in [0.717, 1.165) is 5.56 Å². The number of hydrogen-bond acceptors (Lipinski definition) is 4. The molecule has 0 bridgehead atoms. The van der Waals surface area contributed by atoms with Crippen molar-refractivity contribution < 1.29 is 23.1 Å². The van der Waals surface area contributed by atoms with E-state index in [1.54, 1.807) is 24.3 Å². The van der Waals surface area contributed by atoms with Crippen LogP contribution < -0.4 is 4.72 Å². The van der Waals surface area contributed by atoms with E-state index in [0.29, 0.717) is 11.4 Å². The summed E-state index contributed by atoms with van der Waals surface area (Å²) in [5.74, 6) is -2.51. The van der Waals surface area contributed by atoms with E-state index in [1.807, 2.05) is 13.0 Å². The predicted octanol–water partition coefficient (Wildman–Crippen LogP) is 3.22. The van der Waals surface area contributed by atoms with Crippen LogP contribution in [0.25, 0.3) is 0 Å². The fourth-order valence-corrected chi connectivity index (χ4v) is 4.23. The molecular weight excluding hydrogens is 390 g/mol. The molecule has 0 radical (unpaired) electrons. The molecular formula is C19H20ClNO5S. The van der Waals surface area contributed by atoms with E-state index < -0.39 is 40.2 Å². The fourth-order valence-electron chi connectivity index (χ4n) is 2.84. The van der Waals surface area contributed by atoms with Crippen LogP contribution in [0.3, 0.4) is 0 Å². The number of halogens is 1. The molecule has 0 fully saturated rings. The van der Waals surface area contributed by atoms with Crippen LogP contribution in [0.1, 0.15) is 31.2 Å². The molecule has 0 aromatic heterocycles. The quantitative estimate of drug-likeness (QED) is 0.619. The minimum Gasteiger partial charge on any atom is -0.481 e. The van der Waals surface area contributed by atoms with Crippen molar-refractivity contribution in [2.75, 3.05) is 0 Å². The highest BCUT2D eigenvalue weighted by Crippen LogP contribution is 2.26. The zero-order valence-corrected chi connectivity index (χ0v) is 16.2. The van der Waals surface area contributed by atoms with Crippen molar-refractivity contribution in [3.8, 4) is 0 Å². The Morgan fingerprint density at radius 1 is 1.07 bits per heavy atom. The molecule has 6 nitrogen and oxygen atoms in total. The van der Waals surface area contributed by atoms with Crippen LogP contribution in [-0.2, 0) is 19.6 Å². The summed E-state index contributed by atoms with van der Waals surface area (Å²) < 4.78 is 27.9. The molecule has 2 N–H and O–H groups in total. The number of ketones is 1. The number of hydrogen-bond donors (Lipinski definition) is 2. The Kier molecular flexibility index (Phi) is 7.12.